The summed E-state index contributed by atoms with van der Waals surface area (Å²) in [5.41, 5.74) is 1.29. The molecule has 0 N–H and O–H groups in total. The van der Waals surface area contributed by atoms with Crippen molar-refractivity contribution < 1.29 is 19.1 Å². The predicted molar refractivity (Wildman–Crippen MR) is 83.4 cm³/mol. The highest BCUT2D eigenvalue weighted by atomic mass is 35.5. The Morgan fingerprint density at radius 1 is 1.05 bits per heavy atom. The lowest BCUT2D eigenvalue weighted by molar-refractivity contribution is 0.0473. The van der Waals surface area contributed by atoms with Crippen molar-refractivity contribution in [3.05, 3.63) is 69.2 Å². The summed E-state index contributed by atoms with van der Waals surface area (Å²) in [4.78, 5) is 23.4. The van der Waals surface area contributed by atoms with Gasteiger partial charge in [0.2, 0.25) is 0 Å². The van der Waals surface area contributed by atoms with E-state index < -0.39 is 11.9 Å². The molecule has 0 atom stereocenters. The lowest BCUT2D eigenvalue weighted by Gasteiger charge is -2.07. The molecule has 6 heteroatoms. The molecule has 2 aromatic carbocycles. The number of rotatable bonds is 4. The number of halogens is 2. The first kappa shape index (κ1) is 16.3. The van der Waals surface area contributed by atoms with Gasteiger partial charge in [0.25, 0.3) is 0 Å². The Morgan fingerprint density at radius 3 is 2.50 bits per heavy atom. The summed E-state index contributed by atoms with van der Waals surface area (Å²) < 4.78 is 9.82. The molecule has 0 radical (unpaired) electrons. The molecule has 114 valence electrons. The number of methoxy groups -OCH3 is 1. The average Bonchev–Trinajstić information content (AvgIpc) is 2.52. The van der Waals surface area contributed by atoms with Gasteiger partial charge >= 0.3 is 11.9 Å². The SMILES string of the molecule is COC(=O)c1cccc(COC(=O)c2ccc(Cl)cc2Cl)c1. The second-order valence-electron chi connectivity index (χ2n) is 4.39. The molecular weight excluding hydrogens is 327 g/mol. The Hall–Kier alpha value is -2.04. The molecule has 2 rings (SSSR count). The van der Waals surface area contributed by atoms with Gasteiger partial charge in [0.15, 0.2) is 0 Å². The zero-order chi connectivity index (χ0) is 16.1. The van der Waals surface area contributed by atoms with Crippen LogP contribution in [0.15, 0.2) is 42.5 Å². The van der Waals surface area contributed by atoms with Crippen LogP contribution in [-0.2, 0) is 16.1 Å². The Labute approximate surface area is 137 Å². The summed E-state index contributed by atoms with van der Waals surface area (Å²) >= 11 is 11.7. The molecule has 0 aliphatic carbocycles. The third kappa shape index (κ3) is 4.00. The van der Waals surface area contributed by atoms with E-state index in [9.17, 15) is 9.59 Å². The fourth-order valence-electron chi connectivity index (χ4n) is 1.79. The van der Waals surface area contributed by atoms with Gasteiger partial charge in [-0.2, -0.15) is 0 Å². The summed E-state index contributed by atoms with van der Waals surface area (Å²) in [7, 11) is 1.30. The smallest absolute Gasteiger partial charge is 0.339 e. The highest BCUT2D eigenvalue weighted by Gasteiger charge is 2.13. The van der Waals surface area contributed by atoms with Crippen molar-refractivity contribution in [1.82, 2.24) is 0 Å². The second-order valence-corrected chi connectivity index (χ2v) is 5.24. The molecule has 0 amide bonds. The number of ether oxygens (including phenoxy) is 2. The Kier molecular flexibility index (Phi) is 5.41. The molecule has 2 aromatic rings. The van der Waals surface area contributed by atoms with E-state index in [2.05, 4.69) is 4.74 Å². The molecule has 0 bridgehead atoms. The van der Waals surface area contributed by atoms with Crippen LogP contribution in [0.1, 0.15) is 26.3 Å². The minimum atomic E-state index is -0.565. The van der Waals surface area contributed by atoms with Gasteiger partial charge in [-0.3, -0.25) is 0 Å². The largest absolute Gasteiger partial charge is 0.465 e. The first-order valence-electron chi connectivity index (χ1n) is 6.30. The molecule has 0 heterocycles. The normalized spacial score (nSPS) is 10.1. The Bertz CT molecular complexity index is 713. The molecule has 0 unspecified atom stereocenters. The minimum absolute atomic E-state index is 0.0165. The van der Waals surface area contributed by atoms with Crippen molar-refractivity contribution in [2.75, 3.05) is 7.11 Å². The van der Waals surface area contributed by atoms with E-state index in [-0.39, 0.29) is 17.2 Å². The highest BCUT2D eigenvalue weighted by molar-refractivity contribution is 6.36. The maximum absolute atomic E-state index is 12.0. The first-order valence-corrected chi connectivity index (χ1v) is 7.06. The van der Waals surface area contributed by atoms with Gasteiger partial charge in [0, 0.05) is 5.02 Å². The van der Waals surface area contributed by atoms with Gasteiger partial charge in [0.05, 0.1) is 23.3 Å². The number of esters is 2. The summed E-state index contributed by atoms with van der Waals surface area (Å²) in [6.07, 6.45) is 0. The molecule has 0 aromatic heterocycles. The van der Waals surface area contributed by atoms with Crippen LogP contribution in [0.3, 0.4) is 0 Å². The molecule has 0 saturated carbocycles. The van der Waals surface area contributed by atoms with E-state index in [1.54, 1.807) is 30.3 Å². The fourth-order valence-corrected chi connectivity index (χ4v) is 2.27. The third-order valence-corrected chi connectivity index (χ3v) is 3.42. The zero-order valence-electron chi connectivity index (χ0n) is 11.6. The predicted octanol–water partition coefficient (Wildman–Crippen LogP) is 4.14. The quantitative estimate of drug-likeness (QED) is 0.786. The summed E-state index contributed by atoms with van der Waals surface area (Å²) in [5.74, 6) is -1.01. The average molecular weight is 339 g/mol. The first-order chi connectivity index (χ1) is 10.5. The van der Waals surface area contributed by atoms with Gasteiger partial charge in [-0.05, 0) is 35.9 Å². The van der Waals surface area contributed by atoms with Crippen LogP contribution in [0.2, 0.25) is 10.0 Å². The van der Waals surface area contributed by atoms with Gasteiger partial charge in [-0.15, -0.1) is 0 Å². The van der Waals surface area contributed by atoms with Crippen molar-refractivity contribution >= 4 is 35.1 Å². The van der Waals surface area contributed by atoms with Gasteiger partial charge < -0.3 is 9.47 Å². The summed E-state index contributed by atoms with van der Waals surface area (Å²) in [6.45, 7) is 0.0165. The monoisotopic (exact) mass is 338 g/mol. The van der Waals surface area contributed by atoms with Crippen LogP contribution in [-0.4, -0.2) is 19.0 Å². The van der Waals surface area contributed by atoms with E-state index in [1.165, 1.54) is 19.2 Å². The van der Waals surface area contributed by atoms with Crippen LogP contribution in [0.5, 0.6) is 0 Å². The van der Waals surface area contributed by atoms with Crippen LogP contribution < -0.4 is 0 Å². The molecule has 0 saturated heterocycles. The molecule has 0 spiro atoms. The molecule has 0 aliphatic heterocycles. The van der Waals surface area contributed by atoms with E-state index >= 15 is 0 Å². The van der Waals surface area contributed by atoms with Crippen molar-refractivity contribution in [3.63, 3.8) is 0 Å². The van der Waals surface area contributed by atoms with Gasteiger partial charge in [0.1, 0.15) is 6.61 Å². The van der Waals surface area contributed by atoms with Crippen LogP contribution in [0, 0.1) is 0 Å². The van der Waals surface area contributed by atoms with Crippen LogP contribution >= 0.6 is 23.2 Å². The molecular formula is C16H12Cl2O4. The minimum Gasteiger partial charge on any atom is -0.465 e. The standard InChI is InChI=1S/C16H12Cl2O4/c1-21-15(19)11-4-2-3-10(7-11)9-22-16(20)13-6-5-12(17)8-14(13)18/h2-8H,9H2,1H3. The fraction of sp³-hybridized carbons (Fsp3) is 0.125. The number of benzene rings is 2. The molecule has 22 heavy (non-hydrogen) atoms. The lowest BCUT2D eigenvalue weighted by atomic mass is 10.1. The van der Waals surface area contributed by atoms with Gasteiger partial charge in [-0.1, -0.05) is 35.3 Å². The number of carbonyl (C=O) groups excluding carboxylic acids is 2. The van der Waals surface area contributed by atoms with E-state index in [4.69, 9.17) is 27.9 Å². The Balaban J connectivity index is 2.06. The molecule has 0 fully saturated rings. The summed E-state index contributed by atoms with van der Waals surface area (Å²) in [5, 5.41) is 0.660. The van der Waals surface area contributed by atoms with E-state index in [1.807, 2.05) is 0 Å². The van der Waals surface area contributed by atoms with Crippen molar-refractivity contribution in [2.45, 2.75) is 6.61 Å². The third-order valence-electron chi connectivity index (χ3n) is 2.87. The van der Waals surface area contributed by atoms with E-state index in [0.717, 1.165) is 0 Å². The second kappa shape index (κ2) is 7.29. The number of carbonyl (C=O) groups is 2. The highest BCUT2D eigenvalue weighted by Crippen LogP contribution is 2.22. The molecule has 4 nitrogen and oxygen atoms in total. The van der Waals surface area contributed by atoms with E-state index in [0.29, 0.717) is 16.1 Å². The molecule has 0 aliphatic rings. The zero-order valence-corrected chi connectivity index (χ0v) is 13.1. The van der Waals surface area contributed by atoms with Crippen LogP contribution in [0.4, 0.5) is 0 Å². The van der Waals surface area contributed by atoms with Crippen LogP contribution in [0.25, 0.3) is 0 Å². The maximum Gasteiger partial charge on any atom is 0.339 e. The topological polar surface area (TPSA) is 52.6 Å². The van der Waals surface area contributed by atoms with Crippen molar-refractivity contribution in [1.29, 1.82) is 0 Å². The number of hydrogen-bond donors (Lipinski definition) is 0. The van der Waals surface area contributed by atoms with Crippen molar-refractivity contribution in [3.8, 4) is 0 Å². The number of hydrogen-bond acceptors (Lipinski definition) is 4. The Morgan fingerprint density at radius 2 is 1.82 bits per heavy atom. The van der Waals surface area contributed by atoms with Gasteiger partial charge in [-0.25, -0.2) is 9.59 Å². The lowest BCUT2D eigenvalue weighted by Crippen LogP contribution is -2.07. The van der Waals surface area contributed by atoms with Crippen molar-refractivity contribution in [2.24, 2.45) is 0 Å². The maximum atomic E-state index is 12.0. The summed E-state index contributed by atoms with van der Waals surface area (Å²) in [6, 6.07) is 11.2.